The molecule has 4 heteroatoms. The lowest BCUT2D eigenvalue weighted by Crippen LogP contribution is -2.50. The van der Waals surface area contributed by atoms with Crippen LogP contribution in [-0.2, 0) is 0 Å². The van der Waals surface area contributed by atoms with Crippen molar-refractivity contribution in [1.82, 2.24) is 0 Å². The first kappa shape index (κ1) is 15.4. The maximum Gasteiger partial charge on any atom is 0.0883 e. The zero-order valence-corrected chi connectivity index (χ0v) is 13.8. The van der Waals surface area contributed by atoms with Crippen LogP contribution in [0.1, 0.15) is 18.0 Å². The minimum Gasteiger partial charge on any atom is -0.0906 e. The molecule has 0 aliphatic rings. The lowest BCUT2D eigenvalue weighted by atomic mass is 10.1. The van der Waals surface area contributed by atoms with Crippen LogP contribution < -0.4 is 5.19 Å². The highest BCUT2D eigenvalue weighted by atomic mass is 28.3. The molecule has 0 aliphatic carbocycles. The van der Waals surface area contributed by atoms with Crippen molar-refractivity contribution in [2.75, 3.05) is 0 Å². The third-order valence-corrected chi connectivity index (χ3v) is 8.36. The van der Waals surface area contributed by atoms with Gasteiger partial charge >= 0.3 is 0 Å². The number of benzene rings is 2. The Kier molecular flexibility index (Phi) is 4.84. The SMILES string of the molecule is C[C@H](N=[N+]=[N-])[C@H](c1ccccc1)[Si](C)(C)c1ccccc1. The maximum absolute atomic E-state index is 8.84. The summed E-state index contributed by atoms with van der Waals surface area (Å²) in [4.78, 5) is 3.04. The molecular weight excluding hydrogens is 274 g/mol. The molecule has 0 fully saturated rings. The Labute approximate surface area is 127 Å². The smallest absolute Gasteiger partial charge is 0.0883 e. The molecule has 2 rings (SSSR count). The molecule has 0 amide bonds. The van der Waals surface area contributed by atoms with Gasteiger partial charge in [-0.1, -0.05) is 91.0 Å². The first-order valence-corrected chi connectivity index (χ1v) is 10.3. The van der Waals surface area contributed by atoms with E-state index in [1.54, 1.807) is 0 Å². The van der Waals surface area contributed by atoms with Crippen LogP contribution >= 0.6 is 0 Å². The summed E-state index contributed by atoms with van der Waals surface area (Å²) >= 11 is 0. The molecule has 0 radical (unpaired) electrons. The first-order chi connectivity index (χ1) is 10.1. The van der Waals surface area contributed by atoms with Gasteiger partial charge in [0.05, 0.1) is 8.07 Å². The number of rotatable bonds is 5. The molecule has 3 nitrogen and oxygen atoms in total. The molecule has 0 unspecified atom stereocenters. The number of azide groups is 1. The van der Waals surface area contributed by atoms with Gasteiger partial charge in [0.1, 0.15) is 0 Å². The monoisotopic (exact) mass is 295 g/mol. The van der Waals surface area contributed by atoms with E-state index in [0.29, 0.717) is 0 Å². The molecule has 0 N–H and O–H groups in total. The third-order valence-electron chi connectivity index (χ3n) is 4.17. The van der Waals surface area contributed by atoms with Crippen molar-refractivity contribution < 1.29 is 0 Å². The van der Waals surface area contributed by atoms with Crippen molar-refractivity contribution in [3.8, 4) is 0 Å². The second kappa shape index (κ2) is 6.61. The maximum atomic E-state index is 8.84. The first-order valence-electron chi connectivity index (χ1n) is 7.22. The van der Waals surface area contributed by atoms with Gasteiger partial charge < -0.3 is 0 Å². The van der Waals surface area contributed by atoms with E-state index in [1.165, 1.54) is 10.8 Å². The minimum absolute atomic E-state index is 0.0562. The van der Waals surface area contributed by atoms with Crippen molar-refractivity contribution in [1.29, 1.82) is 0 Å². The quantitative estimate of drug-likeness (QED) is 0.334. The summed E-state index contributed by atoms with van der Waals surface area (Å²) in [6.45, 7) is 6.72. The molecule has 2 aromatic carbocycles. The summed E-state index contributed by atoms with van der Waals surface area (Å²) in [6, 6.07) is 21.0. The highest BCUT2D eigenvalue weighted by Crippen LogP contribution is 2.32. The Morgan fingerprint density at radius 1 is 0.952 bits per heavy atom. The summed E-state index contributed by atoms with van der Waals surface area (Å²) < 4.78 is 0. The Morgan fingerprint density at radius 2 is 1.48 bits per heavy atom. The molecule has 21 heavy (non-hydrogen) atoms. The van der Waals surface area contributed by atoms with E-state index in [-0.39, 0.29) is 11.6 Å². The van der Waals surface area contributed by atoms with E-state index in [0.717, 1.165) is 0 Å². The Morgan fingerprint density at radius 3 is 2.00 bits per heavy atom. The topological polar surface area (TPSA) is 48.8 Å². The fraction of sp³-hybridized carbons (Fsp3) is 0.294. The molecule has 0 saturated heterocycles. The summed E-state index contributed by atoms with van der Waals surface area (Å²) in [5.41, 5.74) is 10.4. The van der Waals surface area contributed by atoms with Crippen LogP contribution in [0.2, 0.25) is 13.1 Å². The summed E-state index contributed by atoms with van der Waals surface area (Å²) in [5, 5.41) is 5.40. The second-order valence-electron chi connectivity index (χ2n) is 5.92. The van der Waals surface area contributed by atoms with E-state index < -0.39 is 8.07 Å². The molecule has 0 spiro atoms. The zero-order chi connectivity index (χ0) is 15.3. The second-order valence-corrected chi connectivity index (χ2v) is 10.6. The van der Waals surface area contributed by atoms with E-state index in [4.69, 9.17) is 5.53 Å². The van der Waals surface area contributed by atoms with Crippen LogP contribution in [0, 0.1) is 0 Å². The number of hydrogen-bond acceptors (Lipinski definition) is 1. The van der Waals surface area contributed by atoms with Crippen molar-refractivity contribution in [3.63, 3.8) is 0 Å². The van der Waals surface area contributed by atoms with Gasteiger partial charge in [-0.15, -0.1) is 0 Å². The van der Waals surface area contributed by atoms with Crippen LogP contribution in [0.15, 0.2) is 65.8 Å². The average molecular weight is 295 g/mol. The van der Waals surface area contributed by atoms with Crippen molar-refractivity contribution >= 4 is 13.3 Å². The number of hydrogen-bond donors (Lipinski definition) is 0. The van der Waals surface area contributed by atoms with Crippen molar-refractivity contribution in [3.05, 3.63) is 76.7 Å². The molecule has 0 bridgehead atoms. The summed E-state index contributed by atoms with van der Waals surface area (Å²) in [6.07, 6.45) is 0. The van der Waals surface area contributed by atoms with Crippen LogP contribution in [0.4, 0.5) is 0 Å². The summed E-state index contributed by atoms with van der Waals surface area (Å²) in [7, 11) is -1.81. The molecule has 108 valence electrons. The predicted molar refractivity (Wildman–Crippen MR) is 91.3 cm³/mol. The Hall–Kier alpha value is -2.03. The van der Waals surface area contributed by atoms with E-state index in [9.17, 15) is 0 Å². The predicted octanol–water partition coefficient (Wildman–Crippen LogP) is 4.62. The third kappa shape index (κ3) is 3.35. The fourth-order valence-electron chi connectivity index (χ4n) is 3.15. The van der Waals surface area contributed by atoms with Gasteiger partial charge in [0.15, 0.2) is 0 Å². The van der Waals surface area contributed by atoms with Crippen molar-refractivity contribution in [2.45, 2.75) is 31.6 Å². The zero-order valence-electron chi connectivity index (χ0n) is 12.8. The molecular formula is C17H21N3Si. The van der Waals surface area contributed by atoms with E-state index in [2.05, 4.69) is 71.7 Å². The van der Waals surface area contributed by atoms with Crippen LogP contribution in [0.5, 0.6) is 0 Å². The van der Waals surface area contributed by atoms with Gasteiger partial charge in [0, 0.05) is 11.0 Å². The van der Waals surface area contributed by atoms with Crippen LogP contribution in [0.25, 0.3) is 10.4 Å². The lowest BCUT2D eigenvalue weighted by molar-refractivity contribution is 0.688. The van der Waals surface area contributed by atoms with Gasteiger partial charge in [-0.3, -0.25) is 0 Å². The van der Waals surface area contributed by atoms with E-state index >= 15 is 0 Å². The largest absolute Gasteiger partial charge is 0.0906 e. The van der Waals surface area contributed by atoms with Crippen molar-refractivity contribution in [2.24, 2.45) is 5.11 Å². The van der Waals surface area contributed by atoms with E-state index in [1.807, 2.05) is 19.1 Å². The van der Waals surface area contributed by atoms with Gasteiger partial charge in [0.25, 0.3) is 0 Å². The Balaban J connectivity index is 2.51. The molecule has 0 aromatic heterocycles. The van der Waals surface area contributed by atoms with Gasteiger partial charge in [-0.05, 0) is 16.6 Å². The highest BCUT2D eigenvalue weighted by molar-refractivity contribution is 6.91. The highest BCUT2D eigenvalue weighted by Gasteiger charge is 2.37. The normalized spacial score (nSPS) is 14.0. The van der Waals surface area contributed by atoms with Crippen LogP contribution in [-0.4, -0.2) is 14.1 Å². The molecule has 0 heterocycles. The van der Waals surface area contributed by atoms with Gasteiger partial charge in [-0.25, -0.2) is 0 Å². The van der Waals surface area contributed by atoms with Crippen LogP contribution in [0.3, 0.4) is 0 Å². The lowest BCUT2D eigenvalue weighted by Gasteiger charge is -2.36. The Bertz CT molecular complexity index is 619. The standard InChI is InChI=1S/C17H21N3Si/c1-14(19-20-18)17(15-10-6-4-7-11-15)21(2,3)16-12-8-5-9-13-16/h4-14,17H,1-3H3/t14-,17+/m0/s1. The fourth-order valence-corrected chi connectivity index (χ4v) is 6.86. The molecule has 2 atom stereocenters. The molecule has 0 aliphatic heterocycles. The summed E-state index contributed by atoms with van der Waals surface area (Å²) in [5.74, 6) is 0. The van der Waals surface area contributed by atoms with Gasteiger partial charge in [0.2, 0.25) is 0 Å². The van der Waals surface area contributed by atoms with Gasteiger partial charge in [-0.2, -0.15) is 0 Å². The molecule has 0 saturated carbocycles. The number of nitrogens with zero attached hydrogens (tertiary/aromatic N) is 3. The minimum atomic E-state index is -1.81. The average Bonchev–Trinajstić information content (AvgIpc) is 2.49. The molecule has 2 aromatic rings.